The molecule has 2 N–H and O–H groups in total. The van der Waals surface area contributed by atoms with E-state index in [2.05, 4.69) is 4.98 Å². The van der Waals surface area contributed by atoms with E-state index in [4.69, 9.17) is 5.73 Å². The summed E-state index contributed by atoms with van der Waals surface area (Å²) in [5, 5.41) is 0. The first-order valence-electron chi connectivity index (χ1n) is 2.89. The molecule has 6 heteroatoms. The smallest absolute Gasteiger partial charge is 0.395 e. The average Bonchev–Trinajstić information content (AvgIpc) is 1.92. The standard InChI is InChI=1S/C6H4F4N2/c7-5-4(11)1-3(2-12-5)6(8,9)10/h1-2H,11H2. The third-order valence-electron chi connectivity index (χ3n) is 1.19. The molecule has 1 aromatic rings. The molecule has 0 aliphatic carbocycles. The van der Waals surface area contributed by atoms with Crippen LogP contribution in [0.4, 0.5) is 23.2 Å². The van der Waals surface area contributed by atoms with E-state index < -0.39 is 23.4 Å². The van der Waals surface area contributed by atoms with Gasteiger partial charge in [0.05, 0.1) is 11.3 Å². The molecule has 0 saturated heterocycles. The molecule has 0 radical (unpaired) electrons. The maximum Gasteiger partial charge on any atom is 0.417 e. The molecule has 66 valence electrons. The number of nitrogens with zero attached hydrogens (tertiary/aromatic N) is 1. The van der Waals surface area contributed by atoms with Crippen LogP contribution in [0.2, 0.25) is 0 Å². The maximum atomic E-state index is 12.3. The van der Waals surface area contributed by atoms with Crippen molar-refractivity contribution < 1.29 is 17.6 Å². The monoisotopic (exact) mass is 180 g/mol. The zero-order valence-corrected chi connectivity index (χ0v) is 5.69. The van der Waals surface area contributed by atoms with Gasteiger partial charge in [-0.2, -0.15) is 17.6 Å². The van der Waals surface area contributed by atoms with Gasteiger partial charge in [-0.15, -0.1) is 0 Å². The molecule has 1 aromatic heterocycles. The van der Waals surface area contributed by atoms with Crippen LogP contribution in [0.5, 0.6) is 0 Å². The minimum Gasteiger partial charge on any atom is -0.395 e. The van der Waals surface area contributed by atoms with Crippen LogP contribution in [0.3, 0.4) is 0 Å². The van der Waals surface area contributed by atoms with E-state index in [-0.39, 0.29) is 0 Å². The number of rotatable bonds is 0. The molecule has 0 aliphatic heterocycles. The molecular formula is C6H4F4N2. The van der Waals surface area contributed by atoms with Crippen LogP contribution in [0.15, 0.2) is 12.3 Å². The second kappa shape index (κ2) is 2.62. The summed E-state index contributed by atoms with van der Waals surface area (Å²) >= 11 is 0. The number of halogens is 4. The highest BCUT2D eigenvalue weighted by Crippen LogP contribution is 2.29. The highest BCUT2D eigenvalue weighted by Gasteiger charge is 2.31. The first-order chi connectivity index (χ1) is 5.41. The average molecular weight is 180 g/mol. The van der Waals surface area contributed by atoms with Gasteiger partial charge in [0.15, 0.2) is 0 Å². The van der Waals surface area contributed by atoms with E-state index in [9.17, 15) is 17.6 Å². The SMILES string of the molecule is Nc1cc(C(F)(F)F)cnc1F. The molecular weight excluding hydrogens is 176 g/mol. The second-order valence-electron chi connectivity index (χ2n) is 2.10. The van der Waals surface area contributed by atoms with Crippen LogP contribution in [0.25, 0.3) is 0 Å². The van der Waals surface area contributed by atoms with Gasteiger partial charge in [0, 0.05) is 6.20 Å². The predicted octanol–water partition coefficient (Wildman–Crippen LogP) is 1.82. The van der Waals surface area contributed by atoms with Gasteiger partial charge in [-0.1, -0.05) is 0 Å². The fourth-order valence-corrected chi connectivity index (χ4v) is 0.620. The van der Waals surface area contributed by atoms with Crippen molar-refractivity contribution in [3.05, 3.63) is 23.8 Å². The zero-order valence-electron chi connectivity index (χ0n) is 5.69. The van der Waals surface area contributed by atoms with E-state index in [0.717, 1.165) is 0 Å². The molecule has 0 fully saturated rings. The lowest BCUT2D eigenvalue weighted by atomic mass is 10.2. The van der Waals surface area contributed by atoms with Gasteiger partial charge < -0.3 is 5.73 Å². The number of hydrogen-bond donors (Lipinski definition) is 1. The molecule has 0 aliphatic rings. The molecule has 0 aromatic carbocycles. The highest BCUT2D eigenvalue weighted by molar-refractivity contribution is 5.39. The number of nitrogens with two attached hydrogens (primary N) is 1. The van der Waals surface area contributed by atoms with Crippen molar-refractivity contribution in [3.63, 3.8) is 0 Å². The van der Waals surface area contributed by atoms with E-state index in [0.29, 0.717) is 12.3 Å². The number of anilines is 1. The minimum absolute atomic E-state index is 0.395. The van der Waals surface area contributed by atoms with Crippen molar-refractivity contribution >= 4 is 5.69 Å². The summed E-state index contributed by atoms with van der Waals surface area (Å²) in [4.78, 5) is 2.83. The lowest BCUT2D eigenvalue weighted by Gasteiger charge is -2.05. The van der Waals surface area contributed by atoms with Crippen molar-refractivity contribution in [2.24, 2.45) is 0 Å². The summed E-state index contributed by atoms with van der Waals surface area (Å²) in [5.41, 5.74) is 3.22. The number of pyridine rings is 1. The van der Waals surface area contributed by atoms with Gasteiger partial charge >= 0.3 is 6.18 Å². The molecule has 0 saturated carbocycles. The van der Waals surface area contributed by atoms with Gasteiger partial charge in [-0.3, -0.25) is 0 Å². The molecule has 0 bridgehead atoms. The Kier molecular flexibility index (Phi) is 1.91. The Balaban J connectivity index is 3.14. The maximum absolute atomic E-state index is 12.3. The van der Waals surface area contributed by atoms with E-state index in [1.807, 2.05) is 0 Å². The van der Waals surface area contributed by atoms with E-state index in [1.54, 1.807) is 0 Å². The van der Waals surface area contributed by atoms with Gasteiger partial charge in [0.2, 0.25) is 5.95 Å². The molecule has 2 nitrogen and oxygen atoms in total. The summed E-state index contributed by atoms with van der Waals surface area (Å²) in [6, 6.07) is 0.502. The van der Waals surface area contributed by atoms with Crippen LogP contribution in [-0.2, 0) is 6.18 Å². The lowest BCUT2D eigenvalue weighted by Crippen LogP contribution is -2.07. The van der Waals surface area contributed by atoms with Crippen LogP contribution in [-0.4, -0.2) is 4.98 Å². The fourth-order valence-electron chi connectivity index (χ4n) is 0.620. The van der Waals surface area contributed by atoms with Crippen molar-refractivity contribution in [2.75, 3.05) is 5.73 Å². The number of aromatic nitrogens is 1. The number of hydrogen-bond acceptors (Lipinski definition) is 2. The minimum atomic E-state index is -4.53. The Morgan fingerprint density at radius 2 is 1.92 bits per heavy atom. The molecule has 12 heavy (non-hydrogen) atoms. The third-order valence-corrected chi connectivity index (χ3v) is 1.19. The van der Waals surface area contributed by atoms with Crippen LogP contribution in [0.1, 0.15) is 5.56 Å². The van der Waals surface area contributed by atoms with E-state index in [1.165, 1.54) is 0 Å². The summed E-state index contributed by atoms with van der Waals surface area (Å²) in [7, 11) is 0. The van der Waals surface area contributed by atoms with Crippen molar-refractivity contribution in [2.45, 2.75) is 6.18 Å². The van der Waals surface area contributed by atoms with Crippen LogP contribution in [0, 0.1) is 5.95 Å². The summed E-state index contributed by atoms with van der Waals surface area (Å²) in [5.74, 6) is -1.09. The van der Waals surface area contributed by atoms with Gasteiger partial charge in [0.25, 0.3) is 0 Å². The van der Waals surface area contributed by atoms with Gasteiger partial charge in [0.1, 0.15) is 0 Å². The largest absolute Gasteiger partial charge is 0.417 e. The Labute approximate surface area is 65.0 Å². The van der Waals surface area contributed by atoms with Crippen LogP contribution < -0.4 is 5.73 Å². The summed E-state index contributed by atoms with van der Waals surface area (Å²) in [6.45, 7) is 0. The Hall–Kier alpha value is -1.33. The van der Waals surface area contributed by atoms with Crippen LogP contribution >= 0.6 is 0 Å². The number of alkyl halides is 3. The Bertz CT molecular complexity index is 294. The summed E-state index contributed by atoms with van der Waals surface area (Å²) in [6.07, 6.45) is -4.14. The predicted molar refractivity (Wildman–Crippen MR) is 33.6 cm³/mol. The fraction of sp³-hybridized carbons (Fsp3) is 0.167. The zero-order chi connectivity index (χ0) is 9.35. The summed E-state index contributed by atoms with van der Waals surface area (Å²) < 4.78 is 47.9. The number of nitrogen functional groups attached to an aromatic ring is 1. The normalized spacial score (nSPS) is 11.7. The highest BCUT2D eigenvalue weighted by atomic mass is 19.4. The first-order valence-corrected chi connectivity index (χ1v) is 2.89. The first kappa shape index (κ1) is 8.76. The van der Waals surface area contributed by atoms with Gasteiger partial charge in [-0.05, 0) is 6.07 Å². The van der Waals surface area contributed by atoms with Crippen molar-refractivity contribution in [3.8, 4) is 0 Å². The topological polar surface area (TPSA) is 38.9 Å². The van der Waals surface area contributed by atoms with Crippen molar-refractivity contribution in [1.82, 2.24) is 4.98 Å². The van der Waals surface area contributed by atoms with Gasteiger partial charge in [-0.25, -0.2) is 4.98 Å². The third kappa shape index (κ3) is 1.63. The lowest BCUT2D eigenvalue weighted by molar-refractivity contribution is -0.137. The quantitative estimate of drug-likeness (QED) is 0.488. The van der Waals surface area contributed by atoms with E-state index >= 15 is 0 Å². The second-order valence-corrected chi connectivity index (χ2v) is 2.10. The molecule has 0 amide bonds. The van der Waals surface area contributed by atoms with Crippen molar-refractivity contribution in [1.29, 1.82) is 0 Å². The molecule has 0 atom stereocenters. The molecule has 1 rings (SSSR count). The Morgan fingerprint density at radius 1 is 1.33 bits per heavy atom. The molecule has 1 heterocycles. The Morgan fingerprint density at radius 3 is 2.33 bits per heavy atom. The molecule has 0 unspecified atom stereocenters. The molecule has 0 spiro atoms.